The van der Waals surface area contributed by atoms with Crippen LogP contribution < -0.4 is 10.6 Å². The number of carbonyl (C=O) groups is 1. The molecule has 20 heavy (non-hydrogen) atoms. The second-order valence-electron chi connectivity index (χ2n) is 4.02. The van der Waals surface area contributed by atoms with Crippen molar-refractivity contribution in [3.63, 3.8) is 0 Å². The molecule has 0 heterocycles. The van der Waals surface area contributed by atoms with Gasteiger partial charge in [0.15, 0.2) is 0 Å². The van der Waals surface area contributed by atoms with Gasteiger partial charge in [-0.05, 0) is 36.4 Å². The van der Waals surface area contributed by atoms with E-state index in [-0.39, 0.29) is 12.6 Å². The molecular weight excluding hydrogens is 254 g/mol. The molecule has 0 bridgehead atoms. The highest BCUT2D eigenvalue weighted by atomic mass is 16.3. The first kappa shape index (κ1) is 13.6. The average molecular weight is 267 g/mol. The van der Waals surface area contributed by atoms with Crippen LogP contribution >= 0.6 is 0 Å². The Morgan fingerprint density at radius 3 is 2.50 bits per heavy atom. The number of amides is 1. The molecule has 0 aromatic heterocycles. The van der Waals surface area contributed by atoms with Crippen LogP contribution in [0.1, 0.15) is 15.9 Å². The average Bonchev–Trinajstić information content (AvgIpc) is 2.49. The van der Waals surface area contributed by atoms with Crippen molar-refractivity contribution < 1.29 is 9.90 Å². The number of hydrogen-bond donors (Lipinski definition) is 3. The molecule has 0 spiro atoms. The second-order valence-corrected chi connectivity index (χ2v) is 4.02. The minimum Gasteiger partial charge on any atom is -0.377 e. The van der Waals surface area contributed by atoms with Crippen molar-refractivity contribution in [1.82, 2.24) is 0 Å². The number of para-hydroxylation sites is 1. The third-order valence-electron chi connectivity index (χ3n) is 2.71. The molecule has 2 aromatic rings. The SMILES string of the molecule is N#Cc1ccc(NC(=O)c2ccccc2NCO)cc1. The number of nitriles is 1. The van der Waals surface area contributed by atoms with Crippen molar-refractivity contribution in [3.8, 4) is 6.07 Å². The van der Waals surface area contributed by atoms with E-state index in [1.165, 1.54) is 0 Å². The molecule has 2 aromatic carbocycles. The fraction of sp³-hybridized carbons (Fsp3) is 0.0667. The number of benzene rings is 2. The third kappa shape index (κ3) is 3.13. The van der Waals surface area contributed by atoms with Crippen LogP contribution in [0.3, 0.4) is 0 Å². The standard InChI is InChI=1S/C15H13N3O2/c16-9-11-5-7-12(8-6-11)18-15(20)13-3-1-2-4-14(13)17-10-19/h1-8,17,19H,10H2,(H,18,20). The summed E-state index contributed by atoms with van der Waals surface area (Å²) in [6, 6.07) is 15.5. The predicted molar refractivity (Wildman–Crippen MR) is 76.3 cm³/mol. The Morgan fingerprint density at radius 2 is 1.85 bits per heavy atom. The van der Waals surface area contributed by atoms with Gasteiger partial charge in [0.25, 0.3) is 5.91 Å². The monoisotopic (exact) mass is 267 g/mol. The van der Waals surface area contributed by atoms with Gasteiger partial charge in [0.2, 0.25) is 0 Å². The van der Waals surface area contributed by atoms with Gasteiger partial charge in [0.1, 0.15) is 6.73 Å². The van der Waals surface area contributed by atoms with Gasteiger partial charge < -0.3 is 15.7 Å². The van der Waals surface area contributed by atoms with Crippen LogP contribution in [0.4, 0.5) is 11.4 Å². The van der Waals surface area contributed by atoms with E-state index in [4.69, 9.17) is 10.4 Å². The highest BCUT2D eigenvalue weighted by Gasteiger charge is 2.10. The number of hydrogen-bond acceptors (Lipinski definition) is 4. The van der Waals surface area contributed by atoms with Crippen LogP contribution in [0.15, 0.2) is 48.5 Å². The molecule has 100 valence electrons. The number of carbonyl (C=O) groups excluding carboxylic acids is 1. The van der Waals surface area contributed by atoms with Crippen molar-refractivity contribution in [2.75, 3.05) is 17.4 Å². The molecule has 3 N–H and O–H groups in total. The smallest absolute Gasteiger partial charge is 0.257 e. The molecule has 0 fully saturated rings. The summed E-state index contributed by atoms with van der Waals surface area (Å²) in [6.45, 7) is -0.249. The minimum absolute atomic E-state index is 0.249. The maximum absolute atomic E-state index is 12.2. The van der Waals surface area contributed by atoms with E-state index in [0.717, 1.165) is 0 Å². The van der Waals surface area contributed by atoms with Crippen molar-refractivity contribution in [2.24, 2.45) is 0 Å². The lowest BCUT2D eigenvalue weighted by molar-refractivity contribution is 0.102. The zero-order valence-electron chi connectivity index (χ0n) is 10.6. The van der Waals surface area contributed by atoms with Crippen LogP contribution in [0.25, 0.3) is 0 Å². The number of nitrogens with one attached hydrogen (secondary N) is 2. The number of anilines is 2. The molecule has 2 rings (SSSR count). The molecule has 0 radical (unpaired) electrons. The van der Waals surface area contributed by atoms with E-state index in [2.05, 4.69) is 10.6 Å². The van der Waals surface area contributed by atoms with Crippen LogP contribution in [0.5, 0.6) is 0 Å². The lowest BCUT2D eigenvalue weighted by atomic mass is 10.1. The number of aliphatic hydroxyl groups is 1. The third-order valence-corrected chi connectivity index (χ3v) is 2.71. The zero-order chi connectivity index (χ0) is 14.4. The summed E-state index contributed by atoms with van der Waals surface area (Å²) in [5, 5.41) is 23.1. The summed E-state index contributed by atoms with van der Waals surface area (Å²) in [7, 11) is 0. The highest BCUT2D eigenvalue weighted by Crippen LogP contribution is 2.17. The summed E-state index contributed by atoms with van der Waals surface area (Å²) >= 11 is 0. The first-order valence-corrected chi connectivity index (χ1v) is 6.00. The van der Waals surface area contributed by atoms with Gasteiger partial charge in [-0.25, -0.2) is 0 Å². The lowest BCUT2D eigenvalue weighted by Crippen LogP contribution is -2.15. The lowest BCUT2D eigenvalue weighted by Gasteiger charge is -2.10. The van der Waals surface area contributed by atoms with Crippen LogP contribution in [-0.4, -0.2) is 17.7 Å². The Morgan fingerprint density at radius 1 is 1.15 bits per heavy atom. The summed E-state index contributed by atoms with van der Waals surface area (Å²) in [5.74, 6) is -0.286. The summed E-state index contributed by atoms with van der Waals surface area (Å²) in [5.41, 5.74) is 2.13. The van der Waals surface area contributed by atoms with Crippen molar-refractivity contribution in [3.05, 3.63) is 59.7 Å². The fourth-order valence-corrected chi connectivity index (χ4v) is 1.75. The normalized spacial score (nSPS) is 9.60. The van der Waals surface area contributed by atoms with E-state index in [9.17, 15) is 4.79 Å². The first-order chi connectivity index (χ1) is 9.74. The summed E-state index contributed by atoms with van der Waals surface area (Å²) in [4.78, 5) is 12.2. The predicted octanol–water partition coefficient (Wildman–Crippen LogP) is 2.17. The maximum Gasteiger partial charge on any atom is 0.257 e. The zero-order valence-corrected chi connectivity index (χ0v) is 10.6. The molecule has 5 heteroatoms. The van der Waals surface area contributed by atoms with Gasteiger partial charge in [0.05, 0.1) is 17.2 Å². The Labute approximate surface area is 116 Å². The van der Waals surface area contributed by atoms with Gasteiger partial charge in [-0.2, -0.15) is 5.26 Å². The number of rotatable bonds is 4. The molecule has 1 amide bonds. The highest BCUT2D eigenvalue weighted by molar-refractivity contribution is 6.08. The molecule has 0 aliphatic heterocycles. The fourth-order valence-electron chi connectivity index (χ4n) is 1.75. The van der Waals surface area contributed by atoms with Crippen molar-refractivity contribution >= 4 is 17.3 Å². The van der Waals surface area contributed by atoms with E-state index in [1.54, 1.807) is 48.5 Å². The van der Waals surface area contributed by atoms with E-state index in [1.807, 2.05) is 6.07 Å². The Hall–Kier alpha value is -2.84. The van der Waals surface area contributed by atoms with Gasteiger partial charge in [0, 0.05) is 11.4 Å². The van der Waals surface area contributed by atoms with Crippen LogP contribution in [0, 0.1) is 11.3 Å². The minimum atomic E-state index is -0.286. The molecule has 0 atom stereocenters. The van der Waals surface area contributed by atoms with Gasteiger partial charge in [-0.1, -0.05) is 12.1 Å². The molecular formula is C15H13N3O2. The summed E-state index contributed by atoms with van der Waals surface area (Å²) < 4.78 is 0. The van der Waals surface area contributed by atoms with Gasteiger partial charge in [-0.3, -0.25) is 4.79 Å². The van der Waals surface area contributed by atoms with Crippen molar-refractivity contribution in [1.29, 1.82) is 5.26 Å². The maximum atomic E-state index is 12.2. The van der Waals surface area contributed by atoms with Crippen molar-refractivity contribution in [2.45, 2.75) is 0 Å². The number of nitrogens with zero attached hydrogens (tertiary/aromatic N) is 1. The van der Waals surface area contributed by atoms with E-state index in [0.29, 0.717) is 22.5 Å². The molecule has 0 unspecified atom stereocenters. The van der Waals surface area contributed by atoms with Crippen LogP contribution in [0.2, 0.25) is 0 Å². The quantitative estimate of drug-likeness (QED) is 0.741. The summed E-state index contributed by atoms with van der Waals surface area (Å²) in [6.07, 6.45) is 0. The topological polar surface area (TPSA) is 85.2 Å². The largest absolute Gasteiger partial charge is 0.377 e. The Kier molecular flexibility index (Phi) is 4.32. The molecule has 0 aliphatic carbocycles. The molecule has 0 saturated heterocycles. The van der Waals surface area contributed by atoms with Gasteiger partial charge >= 0.3 is 0 Å². The molecule has 0 aliphatic rings. The Bertz CT molecular complexity index is 645. The second kappa shape index (κ2) is 6.36. The molecule has 0 saturated carbocycles. The van der Waals surface area contributed by atoms with Crippen LogP contribution in [-0.2, 0) is 0 Å². The molecule has 5 nitrogen and oxygen atoms in total. The first-order valence-electron chi connectivity index (χ1n) is 6.00. The Balaban J connectivity index is 2.17. The van der Waals surface area contributed by atoms with Gasteiger partial charge in [-0.15, -0.1) is 0 Å². The van der Waals surface area contributed by atoms with E-state index >= 15 is 0 Å². The number of aliphatic hydroxyl groups excluding tert-OH is 1. The van der Waals surface area contributed by atoms with E-state index < -0.39 is 0 Å².